The minimum atomic E-state index is -0.587. The summed E-state index contributed by atoms with van der Waals surface area (Å²) < 4.78 is 10.2. The molecule has 1 aromatic carbocycles. The zero-order valence-electron chi connectivity index (χ0n) is 12.1. The van der Waals surface area contributed by atoms with E-state index in [0.717, 1.165) is 0 Å². The molecule has 5 nitrogen and oxygen atoms in total. The molecule has 0 radical (unpaired) electrons. The van der Waals surface area contributed by atoms with Crippen LogP contribution in [-0.4, -0.2) is 24.6 Å². The van der Waals surface area contributed by atoms with Crippen LogP contribution in [0, 0.1) is 0 Å². The van der Waals surface area contributed by atoms with Gasteiger partial charge in [-0.05, 0) is 45.0 Å². The van der Waals surface area contributed by atoms with Gasteiger partial charge < -0.3 is 9.47 Å². The first kappa shape index (κ1) is 15.8. The first-order valence-electron chi connectivity index (χ1n) is 6.11. The summed E-state index contributed by atoms with van der Waals surface area (Å²) in [6, 6.07) is 4.75. The Morgan fingerprint density at radius 3 is 2.45 bits per heavy atom. The number of methoxy groups -OCH3 is 1. The zero-order valence-corrected chi connectivity index (χ0v) is 12.1. The SMILES string of the molecule is C=CC(=O)c1cc(NC(=O)OC(C)(C)C)ccc1OC. The zero-order chi connectivity index (χ0) is 15.3. The van der Waals surface area contributed by atoms with Crippen LogP contribution in [0.25, 0.3) is 0 Å². The predicted octanol–water partition coefficient (Wildman–Crippen LogP) is 3.41. The molecule has 0 spiro atoms. The molecule has 108 valence electrons. The number of anilines is 1. The molecule has 0 saturated carbocycles. The van der Waals surface area contributed by atoms with E-state index in [-0.39, 0.29) is 5.78 Å². The van der Waals surface area contributed by atoms with Crippen molar-refractivity contribution in [2.45, 2.75) is 26.4 Å². The lowest BCUT2D eigenvalue weighted by Gasteiger charge is -2.20. The van der Waals surface area contributed by atoms with Crippen LogP contribution in [0.2, 0.25) is 0 Å². The largest absolute Gasteiger partial charge is 0.496 e. The maximum Gasteiger partial charge on any atom is 0.412 e. The number of carbonyl (C=O) groups is 2. The second kappa shape index (κ2) is 6.23. The van der Waals surface area contributed by atoms with Gasteiger partial charge in [-0.3, -0.25) is 10.1 Å². The van der Waals surface area contributed by atoms with Crippen LogP contribution in [0.15, 0.2) is 30.9 Å². The lowest BCUT2D eigenvalue weighted by atomic mass is 10.1. The molecular formula is C15H19NO4. The van der Waals surface area contributed by atoms with E-state index in [1.54, 1.807) is 32.9 Å². The average molecular weight is 277 g/mol. The van der Waals surface area contributed by atoms with E-state index < -0.39 is 11.7 Å². The molecule has 20 heavy (non-hydrogen) atoms. The maximum atomic E-state index is 11.7. The number of ether oxygens (including phenoxy) is 2. The van der Waals surface area contributed by atoms with Gasteiger partial charge in [0.05, 0.1) is 12.7 Å². The van der Waals surface area contributed by atoms with Gasteiger partial charge in [-0.15, -0.1) is 0 Å². The highest BCUT2D eigenvalue weighted by Gasteiger charge is 2.17. The van der Waals surface area contributed by atoms with Gasteiger partial charge in [0.2, 0.25) is 0 Å². The number of allylic oxidation sites excluding steroid dienone is 1. The Bertz CT molecular complexity index is 529. The number of hydrogen-bond acceptors (Lipinski definition) is 4. The fourth-order valence-electron chi connectivity index (χ4n) is 1.51. The Morgan fingerprint density at radius 1 is 1.30 bits per heavy atom. The Hall–Kier alpha value is -2.30. The van der Waals surface area contributed by atoms with Crippen molar-refractivity contribution in [1.29, 1.82) is 0 Å². The summed E-state index contributed by atoms with van der Waals surface area (Å²) in [6.45, 7) is 8.75. The monoisotopic (exact) mass is 277 g/mol. The predicted molar refractivity (Wildman–Crippen MR) is 77.4 cm³/mol. The lowest BCUT2D eigenvalue weighted by molar-refractivity contribution is 0.0635. The van der Waals surface area contributed by atoms with Gasteiger partial charge in [-0.2, -0.15) is 0 Å². The molecule has 1 N–H and O–H groups in total. The molecule has 0 heterocycles. The third-order valence-electron chi connectivity index (χ3n) is 2.30. The van der Waals surface area contributed by atoms with Gasteiger partial charge in [0.15, 0.2) is 5.78 Å². The summed E-state index contributed by atoms with van der Waals surface area (Å²) in [5.41, 5.74) is 0.192. The fourth-order valence-corrected chi connectivity index (χ4v) is 1.51. The standard InChI is InChI=1S/C15H19NO4/c1-6-12(17)11-9-10(7-8-13(11)19-5)16-14(18)20-15(2,3)4/h6-9H,1H2,2-5H3,(H,16,18). The van der Waals surface area contributed by atoms with Crippen molar-refractivity contribution in [2.24, 2.45) is 0 Å². The van der Waals surface area contributed by atoms with Crippen LogP contribution in [0.4, 0.5) is 10.5 Å². The number of hydrogen-bond donors (Lipinski definition) is 1. The number of nitrogens with one attached hydrogen (secondary N) is 1. The number of amides is 1. The molecule has 0 aromatic heterocycles. The van der Waals surface area contributed by atoms with Crippen LogP contribution >= 0.6 is 0 Å². The van der Waals surface area contributed by atoms with E-state index in [1.165, 1.54) is 19.3 Å². The van der Waals surface area contributed by atoms with E-state index in [9.17, 15) is 9.59 Å². The quantitative estimate of drug-likeness (QED) is 0.676. The fraction of sp³-hybridized carbons (Fsp3) is 0.333. The molecule has 0 saturated heterocycles. The highest BCUT2D eigenvalue weighted by atomic mass is 16.6. The van der Waals surface area contributed by atoms with Crippen LogP contribution in [0.3, 0.4) is 0 Å². The van der Waals surface area contributed by atoms with Crippen molar-refractivity contribution < 1.29 is 19.1 Å². The summed E-state index contributed by atoms with van der Waals surface area (Å²) in [7, 11) is 1.47. The molecule has 0 bridgehead atoms. The summed E-state index contributed by atoms with van der Waals surface area (Å²) in [5, 5.41) is 2.57. The first-order chi connectivity index (χ1) is 9.26. The summed E-state index contributed by atoms with van der Waals surface area (Å²) in [5.74, 6) is 0.138. The number of rotatable bonds is 4. The van der Waals surface area contributed by atoms with Crippen molar-refractivity contribution in [2.75, 3.05) is 12.4 Å². The molecule has 0 aliphatic carbocycles. The van der Waals surface area contributed by atoms with Gasteiger partial charge in [-0.1, -0.05) is 6.58 Å². The summed E-state index contributed by atoms with van der Waals surface area (Å²) >= 11 is 0. The molecule has 0 unspecified atom stereocenters. The molecule has 0 aliphatic rings. The first-order valence-corrected chi connectivity index (χ1v) is 6.11. The van der Waals surface area contributed by atoms with Gasteiger partial charge >= 0.3 is 6.09 Å². The Kier molecular flexibility index (Phi) is 4.91. The minimum Gasteiger partial charge on any atom is -0.496 e. The van der Waals surface area contributed by atoms with E-state index in [2.05, 4.69) is 11.9 Å². The lowest BCUT2D eigenvalue weighted by Crippen LogP contribution is -2.27. The highest BCUT2D eigenvalue weighted by molar-refractivity contribution is 6.07. The number of carbonyl (C=O) groups excluding carboxylic acids is 2. The topological polar surface area (TPSA) is 64.6 Å². The normalized spacial score (nSPS) is 10.6. The van der Waals surface area contributed by atoms with Crippen LogP contribution in [-0.2, 0) is 4.74 Å². The third-order valence-corrected chi connectivity index (χ3v) is 2.30. The molecule has 1 rings (SSSR count). The molecule has 0 fully saturated rings. The molecular weight excluding hydrogens is 258 g/mol. The second-order valence-corrected chi connectivity index (χ2v) is 5.11. The van der Waals surface area contributed by atoms with Crippen LogP contribution in [0.5, 0.6) is 5.75 Å². The van der Waals surface area contributed by atoms with Gasteiger partial charge in [0.1, 0.15) is 11.4 Å². The molecule has 0 aliphatic heterocycles. The number of benzene rings is 1. The van der Waals surface area contributed by atoms with E-state index in [1.807, 2.05) is 0 Å². The second-order valence-electron chi connectivity index (χ2n) is 5.11. The molecule has 5 heteroatoms. The Balaban J connectivity index is 2.95. The smallest absolute Gasteiger partial charge is 0.412 e. The van der Waals surface area contributed by atoms with E-state index in [4.69, 9.17) is 9.47 Å². The molecule has 0 atom stereocenters. The minimum absolute atomic E-state index is 0.283. The van der Waals surface area contributed by atoms with Crippen molar-refractivity contribution >= 4 is 17.6 Å². The Labute approximate surface area is 118 Å². The van der Waals surface area contributed by atoms with E-state index in [0.29, 0.717) is 17.0 Å². The third kappa shape index (κ3) is 4.42. The van der Waals surface area contributed by atoms with Gasteiger partial charge in [0, 0.05) is 5.69 Å². The average Bonchev–Trinajstić information content (AvgIpc) is 2.35. The Morgan fingerprint density at radius 2 is 1.95 bits per heavy atom. The number of ketones is 1. The maximum absolute atomic E-state index is 11.7. The molecule has 1 amide bonds. The van der Waals surface area contributed by atoms with Gasteiger partial charge in [-0.25, -0.2) is 4.79 Å². The van der Waals surface area contributed by atoms with E-state index >= 15 is 0 Å². The summed E-state index contributed by atoms with van der Waals surface area (Å²) in [4.78, 5) is 23.4. The van der Waals surface area contributed by atoms with Crippen molar-refractivity contribution in [3.63, 3.8) is 0 Å². The van der Waals surface area contributed by atoms with Crippen LogP contribution in [0.1, 0.15) is 31.1 Å². The van der Waals surface area contributed by atoms with Crippen molar-refractivity contribution in [3.8, 4) is 5.75 Å². The summed E-state index contributed by atoms with van der Waals surface area (Å²) in [6.07, 6.45) is 0.606. The van der Waals surface area contributed by atoms with Crippen molar-refractivity contribution in [3.05, 3.63) is 36.4 Å². The van der Waals surface area contributed by atoms with Crippen molar-refractivity contribution in [1.82, 2.24) is 0 Å². The van der Waals surface area contributed by atoms with Crippen LogP contribution < -0.4 is 10.1 Å². The van der Waals surface area contributed by atoms with Gasteiger partial charge in [0.25, 0.3) is 0 Å². The highest BCUT2D eigenvalue weighted by Crippen LogP contribution is 2.24. The molecule has 1 aromatic rings.